The van der Waals surface area contributed by atoms with Crippen LogP contribution in [-0.2, 0) is 17.9 Å². The van der Waals surface area contributed by atoms with Gasteiger partial charge in [0.1, 0.15) is 12.4 Å². The third kappa shape index (κ3) is 5.94. The molecule has 3 aromatic rings. The number of anilines is 1. The Morgan fingerprint density at radius 3 is 2.66 bits per heavy atom. The van der Waals surface area contributed by atoms with Crippen LogP contribution < -0.4 is 10.1 Å². The average molecular weight is 454 g/mol. The van der Waals surface area contributed by atoms with E-state index in [4.69, 9.17) is 4.74 Å². The number of nitrogens with one attached hydrogen (secondary N) is 1. The summed E-state index contributed by atoms with van der Waals surface area (Å²) in [6.07, 6.45) is 1.73. The first-order valence-electron chi connectivity index (χ1n) is 9.77. The lowest BCUT2D eigenvalue weighted by molar-refractivity contribution is -0.384. The Kier molecular flexibility index (Phi) is 7.61. The van der Waals surface area contributed by atoms with Crippen molar-refractivity contribution < 1.29 is 14.5 Å². The number of nitro groups is 1. The van der Waals surface area contributed by atoms with Gasteiger partial charge in [0.15, 0.2) is 11.0 Å². The Balaban J connectivity index is 1.61. The lowest BCUT2D eigenvalue weighted by Crippen LogP contribution is -2.15. The van der Waals surface area contributed by atoms with Gasteiger partial charge in [0, 0.05) is 24.4 Å². The number of hydrogen-bond acceptors (Lipinski definition) is 7. The molecule has 0 spiro atoms. The van der Waals surface area contributed by atoms with E-state index in [0.717, 1.165) is 16.9 Å². The van der Waals surface area contributed by atoms with Crippen molar-refractivity contribution in [2.45, 2.75) is 32.2 Å². The van der Waals surface area contributed by atoms with E-state index in [1.807, 2.05) is 30.5 Å². The molecular formula is C22H23N5O4S. The standard InChI is InChI=1S/C22H23N5O4S/c1-4-11-26-20(13-31-19-10-5-15(2)12-16(19)3)24-25-22(26)32-14-21(28)23-17-6-8-18(9-7-17)27(29)30/h4-10,12H,1,11,13-14H2,2-3H3,(H,23,28). The molecule has 0 aliphatic rings. The first kappa shape index (κ1) is 23.0. The van der Waals surface area contributed by atoms with E-state index < -0.39 is 4.92 Å². The Labute approximate surface area is 189 Å². The van der Waals surface area contributed by atoms with Crippen molar-refractivity contribution in [3.8, 4) is 5.75 Å². The number of ether oxygens (including phenoxy) is 1. The first-order valence-corrected chi connectivity index (χ1v) is 10.8. The summed E-state index contributed by atoms with van der Waals surface area (Å²) in [4.78, 5) is 22.5. The molecule has 0 aliphatic carbocycles. The third-order valence-electron chi connectivity index (χ3n) is 4.49. The molecule has 0 saturated heterocycles. The van der Waals surface area contributed by atoms with Crippen LogP contribution in [0.4, 0.5) is 11.4 Å². The van der Waals surface area contributed by atoms with Crippen LogP contribution in [0, 0.1) is 24.0 Å². The van der Waals surface area contributed by atoms with Crippen molar-refractivity contribution in [3.63, 3.8) is 0 Å². The predicted molar refractivity (Wildman–Crippen MR) is 123 cm³/mol. The van der Waals surface area contributed by atoms with Gasteiger partial charge in [-0.2, -0.15) is 0 Å². The molecule has 2 aromatic carbocycles. The molecule has 10 heteroatoms. The largest absolute Gasteiger partial charge is 0.485 e. The minimum atomic E-state index is -0.491. The first-order chi connectivity index (χ1) is 15.4. The fourth-order valence-electron chi connectivity index (χ4n) is 2.94. The summed E-state index contributed by atoms with van der Waals surface area (Å²) in [7, 11) is 0. The molecule has 0 fully saturated rings. The monoisotopic (exact) mass is 453 g/mol. The number of carbonyl (C=O) groups is 1. The van der Waals surface area contributed by atoms with Crippen molar-refractivity contribution in [2.75, 3.05) is 11.1 Å². The Morgan fingerprint density at radius 2 is 2.00 bits per heavy atom. The van der Waals surface area contributed by atoms with Crippen LogP contribution >= 0.6 is 11.8 Å². The number of aryl methyl sites for hydroxylation is 2. The van der Waals surface area contributed by atoms with Gasteiger partial charge in [0.2, 0.25) is 5.91 Å². The van der Waals surface area contributed by atoms with Gasteiger partial charge in [-0.05, 0) is 37.6 Å². The van der Waals surface area contributed by atoms with E-state index in [1.165, 1.54) is 36.0 Å². The van der Waals surface area contributed by atoms with E-state index in [9.17, 15) is 14.9 Å². The number of hydrogen-bond donors (Lipinski definition) is 1. The summed E-state index contributed by atoms with van der Waals surface area (Å²) in [6.45, 7) is 8.50. The fourth-order valence-corrected chi connectivity index (χ4v) is 3.71. The Hall–Kier alpha value is -3.66. The summed E-state index contributed by atoms with van der Waals surface area (Å²) in [5, 5.41) is 22.4. The van der Waals surface area contributed by atoms with Gasteiger partial charge in [0.25, 0.3) is 5.69 Å². The fraction of sp³-hybridized carbons (Fsp3) is 0.227. The maximum absolute atomic E-state index is 12.3. The molecule has 1 amide bonds. The molecule has 32 heavy (non-hydrogen) atoms. The van der Waals surface area contributed by atoms with Gasteiger partial charge in [-0.25, -0.2) is 0 Å². The van der Waals surface area contributed by atoms with Gasteiger partial charge in [-0.15, -0.1) is 16.8 Å². The number of allylic oxidation sites excluding steroid dienone is 1. The molecular weight excluding hydrogens is 430 g/mol. The van der Waals surface area contributed by atoms with Crippen LogP contribution in [0.25, 0.3) is 0 Å². The van der Waals surface area contributed by atoms with Crippen molar-refractivity contribution in [1.29, 1.82) is 0 Å². The highest BCUT2D eigenvalue weighted by atomic mass is 32.2. The maximum atomic E-state index is 12.3. The summed E-state index contributed by atoms with van der Waals surface area (Å²) in [5.41, 5.74) is 2.65. The number of aromatic nitrogens is 3. The molecule has 9 nitrogen and oxygen atoms in total. The van der Waals surface area contributed by atoms with E-state index in [2.05, 4.69) is 28.2 Å². The van der Waals surface area contributed by atoms with Crippen molar-refractivity contribution in [1.82, 2.24) is 14.8 Å². The van der Waals surface area contributed by atoms with Crippen LogP contribution in [0.1, 0.15) is 17.0 Å². The number of benzene rings is 2. The lowest BCUT2D eigenvalue weighted by atomic mass is 10.1. The summed E-state index contributed by atoms with van der Waals surface area (Å²) < 4.78 is 7.76. The number of non-ortho nitro benzene ring substituents is 1. The third-order valence-corrected chi connectivity index (χ3v) is 5.45. The second-order valence-corrected chi connectivity index (χ2v) is 7.94. The summed E-state index contributed by atoms with van der Waals surface area (Å²) in [5.74, 6) is 1.25. The highest BCUT2D eigenvalue weighted by Gasteiger charge is 2.15. The van der Waals surface area contributed by atoms with E-state index in [1.54, 1.807) is 6.08 Å². The van der Waals surface area contributed by atoms with Gasteiger partial charge in [-0.1, -0.05) is 35.5 Å². The van der Waals surface area contributed by atoms with Gasteiger partial charge >= 0.3 is 0 Å². The molecule has 0 unspecified atom stereocenters. The predicted octanol–water partition coefficient (Wildman–Crippen LogP) is 4.30. The Morgan fingerprint density at radius 1 is 1.25 bits per heavy atom. The van der Waals surface area contributed by atoms with Crippen molar-refractivity contribution in [3.05, 3.63) is 82.2 Å². The second-order valence-electron chi connectivity index (χ2n) is 7.00. The minimum Gasteiger partial charge on any atom is -0.485 e. The van der Waals surface area contributed by atoms with Crippen LogP contribution in [-0.4, -0.2) is 31.3 Å². The molecule has 0 saturated carbocycles. The lowest BCUT2D eigenvalue weighted by Gasteiger charge is -2.11. The number of carbonyl (C=O) groups excluding carboxylic acids is 1. The minimum absolute atomic E-state index is 0.0366. The number of thioether (sulfide) groups is 1. The molecule has 0 aliphatic heterocycles. The molecule has 3 rings (SSSR count). The topological polar surface area (TPSA) is 112 Å². The number of rotatable bonds is 10. The van der Waals surface area contributed by atoms with Crippen LogP contribution in [0.3, 0.4) is 0 Å². The smallest absolute Gasteiger partial charge is 0.269 e. The molecule has 166 valence electrons. The molecule has 1 aromatic heterocycles. The van der Waals surface area contributed by atoms with Crippen molar-refractivity contribution in [2.24, 2.45) is 0 Å². The van der Waals surface area contributed by atoms with Gasteiger partial charge in [-0.3, -0.25) is 19.5 Å². The van der Waals surface area contributed by atoms with Crippen molar-refractivity contribution >= 4 is 29.0 Å². The summed E-state index contributed by atoms with van der Waals surface area (Å²) >= 11 is 1.24. The molecule has 1 heterocycles. The van der Waals surface area contributed by atoms with Crippen LogP contribution in [0.5, 0.6) is 5.75 Å². The molecule has 0 bridgehead atoms. The number of amides is 1. The number of nitro benzene ring substituents is 1. The Bertz CT molecular complexity index is 1130. The average Bonchev–Trinajstić information content (AvgIpc) is 3.14. The highest BCUT2D eigenvalue weighted by Crippen LogP contribution is 2.22. The van der Waals surface area contributed by atoms with Crippen LogP contribution in [0.2, 0.25) is 0 Å². The highest BCUT2D eigenvalue weighted by molar-refractivity contribution is 7.99. The van der Waals surface area contributed by atoms with Gasteiger partial charge < -0.3 is 10.1 Å². The maximum Gasteiger partial charge on any atom is 0.269 e. The molecule has 1 N–H and O–H groups in total. The zero-order valence-corrected chi connectivity index (χ0v) is 18.6. The number of nitrogens with zero attached hydrogens (tertiary/aromatic N) is 4. The summed E-state index contributed by atoms with van der Waals surface area (Å²) in [6, 6.07) is 11.6. The second kappa shape index (κ2) is 10.6. The van der Waals surface area contributed by atoms with Gasteiger partial charge in [0.05, 0.1) is 10.7 Å². The van der Waals surface area contributed by atoms with Crippen LogP contribution in [0.15, 0.2) is 60.3 Å². The zero-order chi connectivity index (χ0) is 23.1. The normalized spacial score (nSPS) is 10.6. The molecule has 0 atom stereocenters. The van der Waals surface area contributed by atoms with E-state index >= 15 is 0 Å². The van der Waals surface area contributed by atoms with E-state index in [-0.39, 0.29) is 24.0 Å². The molecule has 0 radical (unpaired) electrons. The zero-order valence-electron chi connectivity index (χ0n) is 17.8. The van der Waals surface area contributed by atoms with E-state index in [0.29, 0.717) is 23.2 Å². The SMILES string of the molecule is C=CCn1c(COc2ccc(C)cc2C)nnc1SCC(=O)Nc1ccc([N+](=O)[O-])cc1. The quantitative estimate of drug-likeness (QED) is 0.211.